The van der Waals surface area contributed by atoms with Crippen molar-refractivity contribution in [2.24, 2.45) is 0 Å². The summed E-state index contributed by atoms with van der Waals surface area (Å²) in [6.45, 7) is 0. The molecule has 0 fully saturated rings. The molecule has 0 bridgehead atoms. The van der Waals surface area contributed by atoms with Gasteiger partial charge >= 0.3 is 6.09 Å². The predicted octanol–water partition coefficient (Wildman–Crippen LogP) is 1.80. The number of carbonyl (C=O) groups is 1. The first-order chi connectivity index (χ1) is 6.15. The zero-order valence-electron chi connectivity index (χ0n) is 6.83. The molecule has 1 radical (unpaired) electrons. The number of carbonyl (C=O) groups excluding carboxylic acids is 1. The minimum Gasteiger partial charge on any atom is -0.494 e. The summed E-state index contributed by atoms with van der Waals surface area (Å²) in [5.74, 6) is -0.590. The topological polar surface area (TPSA) is 58.2 Å². The van der Waals surface area contributed by atoms with Gasteiger partial charge in [-0.25, -0.2) is 14.3 Å². The molecule has 1 amide bonds. The predicted molar refractivity (Wildman–Crippen MR) is 42.7 cm³/mol. The molecule has 69 valence electrons. The van der Waals surface area contributed by atoms with E-state index in [0.717, 1.165) is 6.07 Å². The summed E-state index contributed by atoms with van der Waals surface area (Å²) in [7, 11) is 1.31. The van der Waals surface area contributed by atoms with E-state index in [4.69, 9.17) is 4.74 Å². The van der Waals surface area contributed by atoms with Gasteiger partial charge in [0.2, 0.25) is 0 Å². The Morgan fingerprint density at radius 3 is 2.77 bits per heavy atom. The van der Waals surface area contributed by atoms with Crippen molar-refractivity contribution < 1.29 is 19.0 Å². The molecule has 1 N–H and O–H groups in total. The maximum Gasteiger partial charge on any atom is 0.455 e. The van der Waals surface area contributed by atoms with Crippen LogP contribution < -0.4 is 10.1 Å². The van der Waals surface area contributed by atoms with Crippen molar-refractivity contribution in [1.29, 1.82) is 0 Å². The lowest BCUT2D eigenvalue weighted by molar-refractivity contribution is 0.185. The van der Waals surface area contributed by atoms with E-state index < -0.39 is 11.9 Å². The molecule has 0 aliphatic rings. The van der Waals surface area contributed by atoms with Crippen LogP contribution in [0.1, 0.15) is 0 Å². The summed E-state index contributed by atoms with van der Waals surface area (Å²) in [6.07, 6.45) is -1.58. The van der Waals surface area contributed by atoms with Gasteiger partial charge in [-0.05, 0) is 12.1 Å². The van der Waals surface area contributed by atoms with E-state index in [1.54, 1.807) is 5.32 Å². The first-order valence-electron chi connectivity index (χ1n) is 3.45. The number of nitrogens with one attached hydrogen (secondary N) is 1. The van der Waals surface area contributed by atoms with Crippen molar-refractivity contribution >= 4 is 11.8 Å². The summed E-state index contributed by atoms with van der Waals surface area (Å²) in [5.41, 5.74) is -0.231. The standard InChI is InChI=1S/C8H7FNO3/c1-13-6-4-2-3-5(9)7(6)10-8(11)12/h2-4,10H,1H3. The molecule has 0 saturated heterocycles. The van der Waals surface area contributed by atoms with E-state index in [1.165, 1.54) is 19.2 Å². The number of rotatable bonds is 2. The van der Waals surface area contributed by atoms with Crippen LogP contribution >= 0.6 is 0 Å². The lowest BCUT2D eigenvalue weighted by Crippen LogP contribution is -2.08. The van der Waals surface area contributed by atoms with Gasteiger partial charge in [0, 0.05) is 0 Å². The molecule has 0 saturated carbocycles. The molecule has 0 aromatic heterocycles. The van der Waals surface area contributed by atoms with Crippen LogP contribution in [0.4, 0.5) is 14.9 Å². The van der Waals surface area contributed by atoms with E-state index in [1.807, 2.05) is 0 Å². The summed E-state index contributed by atoms with van der Waals surface area (Å²) in [5, 5.41) is 11.9. The maximum absolute atomic E-state index is 13.0. The molecule has 0 unspecified atom stereocenters. The first-order valence-corrected chi connectivity index (χ1v) is 3.45. The van der Waals surface area contributed by atoms with Crippen molar-refractivity contribution in [3.63, 3.8) is 0 Å². The molecule has 0 spiro atoms. The van der Waals surface area contributed by atoms with Crippen molar-refractivity contribution in [1.82, 2.24) is 0 Å². The zero-order chi connectivity index (χ0) is 9.84. The average Bonchev–Trinajstić information content (AvgIpc) is 2.08. The second-order valence-corrected chi connectivity index (χ2v) is 2.23. The molecular weight excluding hydrogens is 177 g/mol. The van der Waals surface area contributed by atoms with E-state index in [-0.39, 0.29) is 11.4 Å². The van der Waals surface area contributed by atoms with E-state index in [9.17, 15) is 14.3 Å². The van der Waals surface area contributed by atoms with Crippen molar-refractivity contribution in [2.75, 3.05) is 12.4 Å². The highest BCUT2D eigenvalue weighted by Crippen LogP contribution is 2.26. The van der Waals surface area contributed by atoms with E-state index in [2.05, 4.69) is 0 Å². The summed E-state index contributed by atoms with van der Waals surface area (Å²) < 4.78 is 17.7. The van der Waals surface area contributed by atoms with Crippen LogP contribution in [0.2, 0.25) is 0 Å². The number of para-hydroxylation sites is 1. The third kappa shape index (κ3) is 2.08. The number of anilines is 1. The highest BCUT2D eigenvalue weighted by atomic mass is 19.1. The monoisotopic (exact) mass is 184 g/mol. The van der Waals surface area contributed by atoms with Crippen LogP contribution in [0, 0.1) is 5.82 Å². The SMILES string of the molecule is COc1cccc(F)c1NC([O])=O. The van der Waals surface area contributed by atoms with Crippen LogP contribution in [0.15, 0.2) is 18.2 Å². The Morgan fingerprint density at radius 2 is 2.23 bits per heavy atom. The third-order valence-corrected chi connectivity index (χ3v) is 1.42. The molecular formula is C8H7FNO3. The van der Waals surface area contributed by atoms with Crippen molar-refractivity contribution in [2.45, 2.75) is 0 Å². The fraction of sp³-hybridized carbons (Fsp3) is 0.125. The van der Waals surface area contributed by atoms with Gasteiger partial charge < -0.3 is 4.74 Å². The first kappa shape index (κ1) is 9.31. The van der Waals surface area contributed by atoms with Gasteiger partial charge in [-0.3, -0.25) is 5.32 Å². The molecule has 5 heteroatoms. The average molecular weight is 184 g/mol. The summed E-state index contributed by atoms with van der Waals surface area (Å²) >= 11 is 0. The summed E-state index contributed by atoms with van der Waals surface area (Å²) in [6, 6.07) is 3.97. The maximum atomic E-state index is 13.0. The Balaban J connectivity index is 3.07. The van der Waals surface area contributed by atoms with Gasteiger partial charge in [0.1, 0.15) is 11.4 Å². The van der Waals surface area contributed by atoms with Gasteiger partial charge in [-0.1, -0.05) is 6.07 Å². The lowest BCUT2D eigenvalue weighted by Gasteiger charge is -2.07. The van der Waals surface area contributed by atoms with Gasteiger partial charge in [0.05, 0.1) is 7.11 Å². The number of amides is 1. The number of benzene rings is 1. The molecule has 1 aromatic carbocycles. The van der Waals surface area contributed by atoms with Crippen LogP contribution in [-0.2, 0) is 5.11 Å². The molecule has 0 aliphatic carbocycles. The van der Waals surface area contributed by atoms with Crippen LogP contribution in [-0.4, -0.2) is 13.2 Å². The fourth-order valence-electron chi connectivity index (χ4n) is 0.898. The highest BCUT2D eigenvalue weighted by molar-refractivity contribution is 5.85. The highest BCUT2D eigenvalue weighted by Gasteiger charge is 2.11. The number of hydrogen-bond acceptors (Lipinski definition) is 2. The Bertz CT molecular complexity index is 327. The Morgan fingerprint density at radius 1 is 1.54 bits per heavy atom. The zero-order valence-corrected chi connectivity index (χ0v) is 6.83. The quantitative estimate of drug-likeness (QED) is 0.761. The van der Waals surface area contributed by atoms with E-state index >= 15 is 0 Å². The minimum atomic E-state index is -1.58. The lowest BCUT2D eigenvalue weighted by atomic mass is 10.3. The van der Waals surface area contributed by atoms with Gasteiger partial charge in [0.25, 0.3) is 0 Å². The summed E-state index contributed by atoms with van der Waals surface area (Å²) in [4.78, 5) is 10.1. The molecule has 0 atom stereocenters. The Kier molecular flexibility index (Phi) is 2.69. The Labute approximate surface area is 73.9 Å². The van der Waals surface area contributed by atoms with Crippen LogP contribution in [0.3, 0.4) is 0 Å². The van der Waals surface area contributed by atoms with Crippen molar-refractivity contribution in [3.05, 3.63) is 24.0 Å². The molecule has 0 heterocycles. The molecule has 13 heavy (non-hydrogen) atoms. The second-order valence-electron chi connectivity index (χ2n) is 2.23. The number of methoxy groups -OCH3 is 1. The largest absolute Gasteiger partial charge is 0.494 e. The molecule has 0 aliphatic heterocycles. The van der Waals surface area contributed by atoms with Crippen LogP contribution in [0.25, 0.3) is 0 Å². The van der Waals surface area contributed by atoms with Crippen LogP contribution in [0.5, 0.6) is 5.75 Å². The van der Waals surface area contributed by atoms with Gasteiger partial charge in [-0.2, -0.15) is 0 Å². The van der Waals surface area contributed by atoms with Gasteiger partial charge in [0.15, 0.2) is 5.82 Å². The van der Waals surface area contributed by atoms with E-state index in [0.29, 0.717) is 0 Å². The number of hydrogen-bond donors (Lipinski definition) is 1. The number of halogens is 1. The minimum absolute atomic E-state index is 0.115. The molecule has 1 rings (SSSR count). The third-order valence-electron chi connectivity index (χ3n) is 1.42. The molecule has 1 aromatic rings. The van der Waals surface area contributed by atoms with Gasteiger partial charge in [-0.15, -0.1) is 0 Å². The Hall–Kier alpha value is -1.78. The van der Waals surface area contributed by atoms with Crippen molar-refractivity contribution in [3.8, 4) is 5.75 Å². The smallest absolute Gasteiger partial charge is 0.455 e. The second kappa shape index (κ2) is 3.75. The fourth-order valence-corrected chi connectivity index (χ4v) is 0.898. The normalized spacial score (nSPS) is 9.38. The number of ether oxygens (including phenoxy) is 1. The molecule has 4 nitrogen and oxygen atoms in total.